The van der Waals surface area contributed by atoms with E-state index in [-0.39, 0.29) is 5.91 Å². The van der Waals surface area contributed by atoms with Crippen molar-refractivity contribution < 1.29 is 4.79 Å². The molecule has 1 amide bonds. The highest BCUT2D eigenvalue weighted by atomic mass is 32.2. The third-order valence-corrected chi connectivity index (χ3v) is 8.18. The Morgan fingerprint density at radius 1 is 0.865 bits per heavy atom. The van der Waals surface area contributed by atoms with Crippen LogP contribution in [-0.4, -0.2) is 96.5 Å². The lowest BCUT2D eigenvalue weighted by Gasteiger charge is -2.35. The molecule has 0 aliphatic carbocycles. The quantitative estimate of drug-likeness (QED) is 0.348. The lowest BCUT2D eigenvalue weighted by Crippen LogP contribution is -2.47. The summed E-state index contributed by atoms with van der Waals surface area (Å²) in [6, 6.07) is 20.5. The van der Waals surface area contributed by atoms with Gasteiger partial charge in [0.1, 0.15) is 5.82 Å². The number of hydrogen-bond donors (Lipinski definition) is 0. The molecule has 0 saturated carbocycles. The van der Waals surface area contributed by atoms with Gasteiger partial charge in [0.2, 0.25) is 0 Å². The molecule has 1 aromatic heterocycles. The van der Waals surface area contributed by atoms with Gasteiger partial charge < -0.3 is 19.6 Å². The topological polar surface area (TPSA) is 55.8 Å². The van der Waals surface area contributed by atoms with Crippen LogP contribution < -0.4 is 4.90 Å². The molecule has 2 aliphatic heterocycles. The maximum absolute atomic E-state index is 12.9. The standard InChI is InChI=1S/C29H36N6OS/c1-3-33-15-19-34(20-16-33)27-21-26(24-7-5-4-6-8-24)30-29(31-27)37-22-23-9-11-25(12-10-23)28(36)35-17-13-32(2)14-18-35/h4-12,21H,3,13-20,22H2,1-2H3. The van der Waals surface area contributed by atoms with E-state index in [9.17, 15) is 4.79 Å². The summed E-state index contributed by atoms with van der Waals surface area (Å²) in [6.45, 7) is 10.8. The van der Waals surface area contributed by atoms with E-state index >= 15 is 0 Å². The third kappa shape index (κ3) is 6.50. The summed E-state index contributed by atoms with van der Waals surface area (Å²) >= 11 is 1.65. The van der Waals surface area contributed by atoms with Gasteiger partial charge in [-0.15, -0.1) is 0 Å². The minimum absolute atomic E-state index is 0.124. The Morgan fingerprint density at radius 3 is 2.24 bits per heavy atom. The number of likely N-dealkylation sites (N-methyl/N-ethyl adjacent to an activating group) is 2. The molecule has 7 nitrogen and oxygen atoms in total. The zero-order valence-corrected chi connectivity index (χ0v) is 22.7. The number of thioether (sulfide) groups is 1. The maximum atomic E-state index is 12.9. The van der Waals surface area contributed by atoms with E-state index in [1.807, 2.05) is 23.1 Å². The van der Waals surface area contributed by atoms with Crippen molar-refractivity contribution >= 4 is 23.5 Å². The number of piperazine rings is 2. The summed E-state index contributed by atoms with van der Waals surface area (Å²) in [5.74, 6) is 1.88. The molecule has 0 N–H and O–H groups in total. The fourth-order valence-corrected chi connectivity index (χ4v) is 5.58. The molecule has 0 radical (unpaired) electrons. The molecule has 0 spiro atoms. The first-order valence-electron chi connectivity index (χ1n) is 13.2. The zero-order chi connectivity index (χ0) is 25.6. The predicted octanol–water partition coefficient (Wildman–Crippen LogP) is 3.97. The van der Waals surface area contributed by atoms with Crippen molar-refractivity contribution in [2.45, 2.75) is 17.8 Å². The number of amides is 1. The number of rotatable bonds is 7. The molecule has 37 heavy (non-hydrogen) atoms. The first kappa shape index (κ1) is 25.7. The highest BCUT2D eigenvalue weighted by molar-refractivity contribution is 7.98. The smallest absolute Gasteiger partial charge is 0.253 e. The molecule has 0 unspecified atom stereocenters. The van der Waals surface area contributed by atoms with Crippen molar-refractivity contribution in [1.29, 1.82) is 0 Å². The maximum Gasteiger partial charge on any atom is 0.253 e. The van der Waals surface area contributed by atoms with E-state index in [0.29, 0.717) is 0 Å². The van der Waals surface area contributed by atoms with Gasteiger partial charge in [-0.2, -0.15) is 0 Å². The van der Waals surface area contributed by atoms with Crippen LogP contribution >= 0.6 is 11.8 Å². The van der Waals surface area contributed by atoms with Gasteiger partial charge in [-0.3, -0.25) is 4.79 Å². The van der Waals surface area contributed by atoms with Crippen LogP contribution in [0.5, 0.6) is 0 Å². The predicted molar refractivity (Wildman–Crippen MR) is 151 cm³/mol. The summed E-state index contributed by atoms with van der Waals surface area (Å²) < 4.78 is 0. The summed E-state index contributed by atoms with van der Waals surface area (Å²) in [4.78, 5) is 31.8. The second-order valence-corrected chi connectivity index (χ2v) is 10.7. The molecule has 3 heterocycles. The molecule has 3 aromatic rings. The summed E-state index contributed by atoms with van der Waals surface area (Å²) in [5.41, 5.74) is 3.98. The van der Waals surface area contributed by atoms with Crippen LogP contribution in [0.1, 0.15) is 22.8 Å². The lowest BCUT2D eigenvalue weighted by atomic mass is 10.1. The summed E-state index contributed by atoms with van der Waals surface area (Å²) in [6.07, 6.45) is 0. The van der Waals surface area contributed by atoms with E-state index < -0.39 is 0 Å². The van der Waals surface area contributed by atoms with E-state index in [0.717, 1.165) is 98.0 Å². The van der Waals surface area contributed by atoms with Crippen LogP contribution in [0.25, 0.3) is 11.3 Å². The van der Waals surface area contributed by atoms with Gasteiger partial charge in [0.05, 0.1) is 5.69 Å². The van der Waals surface area contributed by atoms with Crippen LogP contribution in [0.4, 0.5) is 5.82 Å². The van der Waals surface area contributed by atoms with E-state index in [2.05, 4.69) is 71.1 Å². The molecule has 2 aromatic carbocycles. The Bertz CT molecular complexity index is 1170. The second-order valence-electron chi connectivity index (χ2n) is 9.76. The molecule has 0 atom stereocenters. The molecule has 2 saturated heterocycles. The SMILES string of the molecule is CCN1CCN(c2cc(-c3ccccc3)nc(SCc3ccc(C(=O)N4CCN(C)CC4)cc3)n2)CC1. The molecule has 5 rings (SSSR count). The van der Waals surface area contributed by atoms with Crippen molar-refractivity contribution in [2.75, 3.05) is 70.9 Å². The highest BCUT2D eigenvalue weighted by Crippen LogP contribution is 2.28. The zero-order valence-electron chi connectivity index (χ0n) is 21.8. The monoisotopic (exact) mass is 516 g/mol. The van der Waals surface area contributed by atoms with Gasteiger partial charge in [-0.1, -0.05) is 61.2 Å². The first-order chi connectivity index (χ1) is 18.1. The Morgan fingerprint density at radius 2 is 1.57 bits per heavy atom. The Hall–Kier alpha value is -2.94. The number of benzene rings is 2. The molecular weight excluding hydrogens is 480 g/mol. The van der Waals surface area contributed by atoms with Crippen molar-refractivity contribution in [3.05, 3.63) is 71.8 Å². The Balaban J connectivity index is 1.29. The minimum atomic E-state index is 0.124. The van der Waals surface area contributed by atoms with Crippen molar-refractivity contribution in [2.24, 2.45) is 0 Å². The highest BCUT2D eigenvalue weighted by Gasteiger charge is 2.21. The normalized spacial score (nSPS) is 17.2. The molecule has 2 aliphatic rings. The third-order valence-electron chi connectivity index (χ3n) is 7.26. The van der Waals surface area contributed by atoms with Crippen molar-refractivity contribution in [3.8, 4) is 11.3 Å². The fourth-order valence-electron chi connectivity index (χ4n) is 4.77. The van der Waals surface area contributed by atoms with Gasteiger partial charge in [0.25, 0.3) is 5.91 Å². The fraction of sp³-hybridized carbons (Fsp3) is 0.414. The van der Waals surface area contributed by atoms with Gasteiger partial charge in [0.15, 0.2) is 5.16 Å². The number of nitrogens with zero attached hydrogens (tertiary/aromatic N) is 6. The van der Waals surface area contributed by atoms with Crippen LogP contribution in [0.15, 0.2) is 65.8 Å². The molecule has 0 bridgehead atoms. The van der Waals surface area contributed by atoms with Gasteiger partial charge >= 0.3 is 0 Å². The number of carbonyl (C=O) groups is 1. The van der Waals surface area contributed by atoms with Gasteiger partial charge in [0, 0.05) is 75.3 Å². The average molecular weight is 517 g/mol. The number of aromatic nitrogens is 2. The molecule has 2 fully saturated rings. The first-order valence-corrected chi connectivity index (χ1v) is 14.2. The van der Waals surface area contributed by atoms with Crippen LogP contribution in [-0.2, 0) is 5.75 Å². The minimum Gasteiger partial charge on any atom is -0.354 e. The van der Waals surface area contributed by atoms with Gasteiger partial charge in [-0.25, -0.2) is 9.97 Å². The van der Waals surface area contributed by atoms with Crippen LogP contribution in [0.2, 0.25) is 0 Å². The van der Waals surface area contributed by atoms with Gasteiger partial charge in [-0.05, 0) is 31.3 Å². The van der Waals surface area contributed by atoms with E-state index in [1.165, 1.54) is 0 Å². The number of hydrogen-bond acceptors (Lipinski definition) is 7. The van der Waals surface area contributed by atoms with E-state index in [4.69, 9.17) is 9.97 Å². The number of carbonyl (C=O) groups excluding carboxylic acids is 1. The van der Waals surface area contributed by atoms with Crippen molar-refractivity contribution in [1.82, 2.24) is 24.7 Å². The lowest BCUT2D eigenvalue weighted by molar-refractivity contribution is 0.0664. The Kier molecular flexibility index (Phi) is 8.38. The summed E-state index contributed by atoms with van der Waals surface area (Å²) in [7, 11) is 2.10. The van der Waals surface area contributed by atoms with Crippen molar-refractivity contribution in [3.63, 3.8) is 0 Å². The largest absolute Gasteiger partial charge is 0.354 e. The molecular formula is C29H36N6OS. The van der Waals surface area contributed by atoms with Crippen LogP contribution in [0, 0.1) is 0 Å². The summed E-state index contributed by atoms with van der Waals surface area (Å²) in [5, 5.41) is 0.784. The second kappa shape index (κ2) is 12.1. The number of anilines is 1. The molecule has 8 heteroatoms. The molecule has 194 valence electrons. The Labute approximate surface area is 224 Å². The average Bonchev–Trinajstić information content (AvgIpc) is 2.97. The van der Waals surface area contributed by atoms with Crippen LogP contribution in [0.3, 0.4) is 0 Å². The van der Waals surface area contributed by atoms with E-state index in [1.54, 1.807) is 11.8 Å².